The van der Waals surface area contributed by atoms with E-state index in [1.165, 1.54) is 11.1 Å². The Morgan fingerprint density at radius 3 is 2.42 bits per heavy atom. The monoisotopic (exact) mass is 480 g/mol. The molecule has 1 aromatic carbocycles. The van der Waals surface area contributed by atoms with Gasteiger partial charge in [0.05, 0.1) is 5.92 Å². The van der Waals surface area contributed by atoms with Crippen LogP contribution < -0.4 is 4.43 Å². The SMILES string of the molecule is CC(C)(C)[Si](C)(C)Oc1ccc2c(c1)CC[C@@H]1[C@@H]2CC[C@]2(C)C(=O)C(C(=O)C(F)(F)F)C[C@@H]12. The molecule has 0 spiro atoms. The first-order valence-electron chi connectivity index (χ1n) is 12.0. The fourth-order valence-corrected chi connectivity index (χ4v) is 7.34. The van der Waals surface area contributed by atoms with Crippen LogP contribution in [0.3, 0.4) is 0 Å². The second kappa shape index (κ2) is 7.69. The molecule has 33 heavy (non-hydrogen) atoms. The van der Waals surface area contributed by atoms with Crippen molar-refractivity contribution in [2.45, 2.75) is 90.0 Å². The van der Waals surface area contributed by atoms with Crippen molar-refractivity contribution in [3.63, 3.8) is 0 Å². The number of hydrogen-bond donors (Lipinski definition) is 0. The lowest BCUT2D eigenvalue weighted by molar-refractivity contribution is -0.176. The summed E-state index contributed by atoms with van der Waals surface area (Å²) >= 11 is 0. The number of fused-ring (bicyclic) bond motifs is 5. The van der Waals surface area contributed by atoms with Crippen molar-refractivity contribution < 1.29 is 27.2 Å². The third-order valence-electron chi connectivity index (χ3n) is 9.23. The van der Waals surface area contributed by atoms with E-state index < -0.39 is 37.4 Å². The lowest BCUT2D eigenvalue weighted by atomic mass is 9.55. The maximum Gasteiger partial charge on any atom is 0.450 e. The molecule has 0 heterocycles. The number of benzene rings is 1. The third kappa shape index (κ3) is 3.98. The van der Waals surface area contributed by atoms with E-state index in [2.05, 4.69) is 46.0 Å². The number of alkyl halides is 3. The first-order valence-corrected chi connectivity index (χ1v) is 14.9. The molecule has 5 atom stereocenters. The minimum atomic E-state index is -4.96. The lowest BCUT2D eigenvalue weighted by Gasteiger charge is -2.48. The zero-order valence-electron chi connectivity index (χ0n) is 20.4. The van der Waals surface area contributed by atoms with Crippen LogP contribution in [0.4, 0.5) is 13.2 Å². The number of carbonyl (C=O) groups is 2. The van der Waals surface area contributed by atoms with Crippen LogP contribution in [0.15, 0.2) is 18.2 Å². The lowest BCUT2D eigenvalue weighted by Crippen LogP contribution is -2.44. The van der Waals surface area contributed by atoms with Crippen molar-refractivity contribution in [3.05, 3.63) is 29.3 Å². The number of hydrogen-bond acceptors (Lipinski definition) is 3. The van der Waals surface area contributed by atoms with E-state index in [-0.39, 0.29) is 29.2 Å². The summed E-state index contributed by atoms with van der Waals surface area (Å²) in [5.41, 5.74) is 1.67. The van der Waals surface area contributed by atoms with Crippen molar-refractivity contribution in [1.82, 2.24) is 0 Å². The second-order valence-electron chi connectivity index (χ2n) is 12.1. The van der Waals surface area contributed by atoms with E-state index in [0.717, 1.165) is 25.0 Å². The molecular weight excluding hydrogens is 445 g/mol. The highest BCUT2D eigenvalue weighted by Gasteiger charge is 2.62. The fraction of sp³-hybridized carbons (Fsp3) is 0.692. The molecule has 0 saturated heterocycles. The van der Waals surface area contributed by atoms with E-state index >= 15 is 0 Å². The maximum atomic E-state index is 13.1. The summed E-state index contributed by atoms with van der Waals surface area (Å²) < 4.78 is 45.9. The third-order valence-corrected chi connectivity index (χ3v) is 13.6. The summed E-state index contributed by atoms with van der Waals surface area (Å²) in [6, 6.07) is 6.31. The molecule has 0 bridgehead atoms. The van der Waals surface area contributed by atoms with Crippen molar-refractivity contribution in [3.8, 4) is 5.75 Å². The number of halogens is 3. The van der Waals surface area contributed by atoms with Gasteiger partial charge < -0.3 is 4.43 Å². The molecule has 7 heteroatoms. The molecule has 1 unspecified atom stereocenters. The Labute approximate surface area is 195 Å². The molecule has 3 aliphatic carbocycles. The van der Waals surface area contributed by atoms with Gasteiger partial charge in [-0.1, -0.05) is 33.8 Å². The van der Waals surface area contributed by atoms with Crippen LogP contribution in [-0.2, 0) is 16.0 Å². The van der Waals surface area contributed by atoms with Crippen molar-refractivity contribution in [1.29, 1.82) is 0 Å². The molecule has 2 fully saturated rings. The Morgan fingerprint density at radius 1 is 1.15 bits per heavy atom. The summed E-state index contributed by atoms with van der Waals surface area (Å²) in [5.74, 6) is -2.79. The maximum absolute atomic E-state index is 13.1. The standard InChI is InChI=1S/C26H35F3O3Si/c1-24(2,3)33(5,6)32-16-8-10-17-15(13-16)7-9-19-18(17)11-12-25(4)21(19)14-20(22(25)30)23(31)26(27,28)29/h8,10,13,18-21H,7,9,11-12,14H2,1-6H3/t18-,19-,20?,21+,25+/m1/s1. The molecule has 182 valence electrons. The van der Waals surface area contributed by atoms with Crippen LogP contribution in [0.25, 0.3) is 0 Å². The Kier molecular flexibility index (Phi) is 5.71. The Morgan fingerprint density at radius 2 is 1.82 bits per heavy atom. The van der Waals surface area contributed by atoms with Gasteiger partial charge in [0.2, 0.25) is 14.1 Å². The summed E-state index contributed by atoms with van der Waals surface area (Å²) in [6.07, 6.45) is -1.95. The molecular formula is C26H35F3O3Si. The molecule has 0 amide bonds. The Bertz CT molecular complexity index is 978. The van der Waals surface area contributed by atoms with Gasteiger partial charge in [-0.25, -0.2) is 0 Å². The molecule has 4 rings (SSSR count). The van der Waals surface area contributed by atoms with Gasteiger partial charge in [-0.15, -0.1) is 0 Å². The van der Waals surface area contributed by atoms with Crippen LogP contribution in [0.1, 0.15) is 70.4 Å². The highest BCUT2D eigenvalue weighted by atomic mass is 28.4. The predicted octanol–water partition coefficient (Wildman–Crippen LogP) is 6.85. The molecule has 0 N–H and O–H groups in total. The van der Waals surface area contributed by atoms with Crippen molar-refractivity contribution in [2.24, 2.45) is 23.2 Å². The van der Waals surface area contributed by atoms with Gasteiger partial charge in [-0.2, -0.15) is 13.2 Å². The van der Waals surface area contributed by atoms with Gasteiger partial charge in [0.15, 0.2) is 0 Å². The number of ketones is 2. The minimum absolute atomic E-state index is 0.0384. The zero-order chi connectivity index (χ0) is 24.6. The first-order chi connectivity index (χ1) is 15.1. The quantitative estimate of drug-likeness (QED) is 0.351. The highest BCUT2D eigenvalue weighted by Crippen LogP contribution is 2.61. The Balaban J connectivity index is 1.59. The smallest absolute Gasteiger partial charge is 0.450 e. The topological polar surface area (TPSA) is 43.4 Å². The molecule has 0 aliphatic heterocycles. The van der Waals surface area contributed by atoms with Crippen LogP contribution in [0.2, 0.25) is 18.1 Å². The van der Waals surface area contributed by atoms with Crippen molar-refractivity contribution >= 4 is 19.9 Å². The van der Waals surface area contributed by atoms with Crippen LogP contribution in [0.5, 0.6) is 5.75 Å². The van der Waals surface area contributed by atoms with E-state index in [4.69, 9.17) is 4.43 Å². The van der Waals surface area contributed by atoms with E-state index in [1.807, 2.05) is 6.07 Å². The average molecular weight is 481 g/mol. The predicted molar refractivity (Wildman–Crippen MR) is 124 cm³/mol. The number of aryl methyl sites for hydroxylation is 1. The molecule has 2 saturated carbocycles. The number of rotatable bonds is 3. The van der Waals surface area contributed by atoms with Gasteiger partial charge in [0, 0.05) is 5.41 Å². The van der Waals surface area contributed by atoms with Gasteiger partial charge >= 0.3 is 6.18 Å². The second-order valence-corrected chi connectivity index (χ2v) is 16.8. The summed E-state index contributed by atoms with van der Waals surface area (Å²) in [7, 11) is -1.96. The van der Waals surface area contributed by atoms with Crippen LogP contribution in [0, 0.1) is 23.2 Å². The van der Waals surface area contributed by atoms with E-state index in [1.54, 1.807) is 6.92 Å². The van der Waals surface area contributed by atoms with Gasteiger partial charge in [0.25, 0.3) is 0 Å². The molecule has 1 aromatic rings. The van der Waals surface area contributed by atoms with Crippen LogP contribution >= 0.6 is 0 Å². The van der Waals surface area contributed by atoms with E-state index in [9.17, 15) is 22.8 Å². The number of Topliss-reactive ketones (excluding diaryl/α,β-unsaturated/α-hetero) is 2. The van der Waals surface area contributed by atoms with Gasteiger partial charge in [-0.3, -0.25) is 9.59 Å². The number of carbonyl (C=O) groups excluding carboxylic acids is 2. The molecule has 3 aliphatic rings. The van der Waals surface area contributed by atoms with Gasteiger partial charge in [0.1, 0.15) is 11.5 Å². The largest absolute Gasteiger partial charge is 0.543 e. The average Bonchev–Trinajstić information content (AvgIpc) is 2.96. The zero-order valence-corrected chi connectivity index (χ0v) is 21.4. The van der Waals surface area contributed by atoms with E-state index in [0.29, 0.717) is 6.42 Å². The minimum Gasteiger partial charge on any atom is -0.543 e. The Hall–Kier alpha value is -1.63. The molecule has 3 nitrogen and oxygen atoms in total. The summed E-state index contributed by atoms with van der Waals surface area (Å²) in [6.45, 7) is 12.9. The first kappa shape index (κ1) is 24.5. The summed E-state index contributed by atoms with van der Waals surface area (Å²) in [5, 5.41) is 0.0984. The normalized spacial score (nSPS) is 32.1. The fourth-order valence-electron chi connectivity index (χ4n) is 6.31. The highest BCUT2D eigenvalue weighted by molar-refractivity contribution is 6.74. The molecule has 0 radical (unpaired) electrons. The van der Waals surface area contributed by atoms with Crippen molar-refractivity contribution in [2.75, 3.05) is 0 Å². The van der Waals surface area contributed by atoms with Crippen LogP contribution in [-0.4, -0.2) is 26.1 Å². The molecule has 0 aromatic heterocycles. The van der Waals surface area contributed by atoms with Gasteiger partial charge in [-0.05, 0) is 91.2 Å². The summed E-state index contributed by atoms with van der Waals surface area (Å²) in [4.78, 5) is 25.0.